The normalized spacial score (nSPS) is 13.9. The van der Waals surface area contributed by atoms with Gasteiger partial charge in [0, 0.05) is 31.5 Å². The third-order valence-corrected chi connectivity index (χ3v) is 5.16. The second kappa shape index (κ2) is 17.4. The van der Waals surface area contributed by atoms with Crippen molar-refractivity contribution < 1.29 is 4.39 Å². The molecule has 0 bridgehead atoms. The van der Waals surface area contributed by atoms with Gasteiger partial charge in [0.25, 0.3) is 0 Å². The van der Waals surface area contributed by atoms with E-state index >= 15 is 0 Å². The standard InChI is InChI=1S/C17H24N6.C8H15N.CH3F/c1-18-15-12-20-17(21-13-8-10-19-11-9-13)22-16(15)23(2)14-6-4-3-5-7-14;1-3-5-7-8(9)6-4-2;1-2/h3-7,12-13,18-19H,8-11H2,1-2H3,(H,20,21,22);5-7H,3-4,9H2,1-2H3;1H3/b;7-5-,8-6+;. The summed E-state index contributed by atoms with van der Waals surface area (Å²) >= 11 is 0. The van der Waals surface area contributed by atoms with Crippen molar-refractivity contribution in [2.24, 2.45) is 5.73 Å². The van der Waals surface area contributed by atoms with E-state index < -0.39 is 0 Å². The van der Waals surface area contributed by atoms with Gasteiger partial charge in [0.1, 0.15) is 0 Å². The molecule has 34 heavy (non-hydrogen) atoms. The number of aromatic nitrogens is 2. The minimum Gasteiger partial charge on any atom is -0.399 e. The molecule has 0 spiro atoms. The topological polar surface area (TPSA) is 91.1 Å². The number of piperidine rings is 1. The van der Waals surface area contributed by atoms with Crippen molar-refractivity contribution >= 4 is 23.1 Å². The van der Waals surface area contributed by atoms with Crippen LogP contribution in [0.4, 0.5) is 27.5 Å². The minimum absolute atomic E-state index is 0.437. The molecule has 188 valence electrons. The first-order valence-corrected chi connectivity index (χ1v) is 11.9. The van der Waals surface area contributed by atoms with Crippen LogP contribution < -0.4 is 26.6 Å². The van der Waals surface area contributed by atoms with Crippen LogP contribution in [0.25, 0.3) is 0 Å². The first-order valence-electron chi connectivity index (χ1n) is 11.9. The number of hydrogen-bond acceptors (Lipinski definition) is 7. The van der Waals surface area contributed by atoms with Crippen molar-refractivity contribution in [3.63, 3.8) is 0 Å². The number of rotatable bonds is 8. The number of para-hydroxylation sites is 1. The second-order valence-corrected chi connectivity index (χ2v) is 7.67. The molecule has 2 heterocycles. The molecule has 1 aromatic heterocycles. The van der Waals surface area contributed by atoms with E-state index in [2.05, 4.69) is 57.9 Å². The van der Waals surface area contributed by atoms with Crippen LogP contribution in [0.15, 0.2) is 60.5 Å². The lowest BCUT2D eigenvalue weighted by atomic mass is 10.1. The lowest BCUT2D eigenvalue weighted by Crippen LogP contribution is -2.35. The molecule has 0 atom stereocenters. The first-order chi connectivity index (χ1) is 16.6. The highest BCUT2D eigenvalue weighted by atomic mass is 19.1. The molecule has 3 rings (SSSR count). The lowest BCUT2D eigenvalue weighted by molar-refractivity contribution is 0.477. The van der Waals surface area contributed by atoms with Gasteiger partial charge >= 0.3 is 0 Å². The van der Waals surface area contributed by atoms with Crippen molar-refractivity contribution in [1.82, 2.24) is 15.3 Å². The maximum atomic E-state index is 9.50. The van der Waals surface area contributed by atoms with E-state index in [0.717, 1.165) is 61.7 Å². The van der Waals surface area contributed by atoms with Gasteiger partial charge in [-0.2, -0.15) is 4.98 Å². The fourth-order valence-corrected chi connectivity index (χ4v) is 3.35. The number of nitrogens with zero attached hydrogens (tertiary/aromatic N) is 3. The summed E-state index contributed by atoms with van der Waals surface area (Å²) in [5.41, 5.74) is 8.42. The molecular formula is C26H42FN7. The number of hydrogen-bond donors (Lipinski definition) is 4. The molecular weight excluding hydrogens is 429 g/mol. The second-order valence-electron chi connectivity index (χ2n) is 7.67. The van der Waals surface area contributed by atoms with Crippen LogP contribution in [0.5, 0.6) is 0 Å². The summed E-state index contributed by atoms with van der Waals surface area (Å²) in [5, 5.41) is 10.0. The molecule has 5 N–H and O–H groups in total. The van der Waals surface area contributed by atoms with Gasteiger partial charge in [-0.25, -0.2) is 4.98 Å². The molecule has 0 radical (unpaired) electrons. The van der Waals surface area contributed by atoms with Crippen LogP contribution in [-0.4, -0.2) is 50.4 Å². The van der Waals surface area contributed by atoms with Crippen LogP contribution in [0.1, 0.15) is 39.5 Å². The Hall–Kier alpha value is -3.13. The van der Waals surface area contributed by atoms with Crippen molar-refractivity contribution in [3.05, 3.63) is 60.5 Å². The van der Waals surface area contributed by atoms with Gasteiger partial charge in [-0.05, 0) is 57.0 Å². The van der Waals surface area contributed by atoms with Gasteiger partial charge in [0.15, 0.2) is 5.82 Å². The maximum Gasteiger partial charge on any atom is 0.224 e. The Kier molecular flexibility index (Phi) is 14.8. The Balaban J connectivity index is 0.000000446. The first kappa shape index (κ1) is 28.9. The van der Waals surface area contributed by atoms with E-state index in [9.17, 15) is 4.39 Å². The average Bonchev–Trinajstić information content (AvgIpc) is 2.90. The molecule has 0 unspecified atom stereocenters. The van der Waals surface area contributed by atoms with Crippen molar-refractivity contribution in [2.45, 2.75) is 45.6 Å². The van der Waals surface area contributed by atoms with Gasteiger partial charge in [-0.1, -0.05) is 44.2 Å². The molecule has 1 aromatic carbocycles. The van der Waals surface area contributed by atoms with Crippen molar-refractivity contribution in [2.75, 3.05) is 49.9 Å². The smallest absolute Gasteiger partial charge is 0.224 e. The molecule has 0 saturated carbocycles. The summed E-state index contributed by atoms with van der Waals surface area (Å²) in [6.07, 6.45) is 12.1. The Labute approximate surface area is 204 Å². The molecule has 0 aliphatic carbocycles. The Morgan fingerprint density at radius 2 is 1.85 bits per heavy atom. The molecule has 0 amide bonds. The van der Waals surface area contributed by atoms with E-state index in [0.29, 0.717) is 19.2 Å². The van der Waals surface area contributed by atoms with E-state index in [1.54, 1.807) is 0 Å². The summed E-state index contributed by atoms with van der Waals surface area (Å²) in [4.78, 5) is 11.3. The maximum absolute atomic E-state index is 9.50. The highest BCUT2D eigenvalue weighted by Gasteiger charge is 2.16. The third-order valence-electron chi connectivity index (χ3n) is 5.16. The van der Waals surface area contributed by atoms with E-state index in [-0.39, 0.29) is 0 Å². The summed E-state index contributed by atoms with van der Waals surface area (Å²) < 4.78 is 9.50. The van der Waals surface area contributed by atoms with Crippen molar-refractivity contribution in [1.29, 1.82) is 0 Å². The Morgan fingerprint density at radius 1 is 1.18 bits per heavy atom. The number of alkyl halides is 1. The Morgan fingerprint density at radius 3 is 2.44 bits per heavy atom. The van der Waals surface area contributed by atoms with Gasteiger partial charge in [-0.15, -0.1) is 0 Å². The number of allylic oxidation sites excluding steroid dienone is 3. The predicted octanol–water partition coefficient (Wildman–Crippen LogP) is 5.24. The average molecular weight is 472 g/mol. The highest BCUT2D eigenvalue weighted by Crippen LogP contribution is 2.29. The minimum atomic E-state index is 0.437. The number of anilines is 4. The predicted molar refractivity (Wildman–Crippen MR) is 145 cm³/mol. The van der Waals surface area contributed by atoms with E-state index in [1.807, 2.05) is 50.6 Å². The quantitative estimate of drug-likeness (QED) is 0.391. The number of nitrogens with one attached hydrogen (secondary N) is 3. The van der Waals surface area contributed by atoms with Crippen LogP contribution >= 0.6 is 0 Å². The van der Waals surface area contributed by atoms with E-state index in [4.69, 9.17) is 10.7 Å². The summed E-state index contributed by atoms with van der Waals surface area (Å²) in [6.45, 7) is 6.26. The zero-order valence-electron chi connectivity index (χ0n) is 21.3. The number of nitrogens with two attached hydrogens (primary N) is 1. The zero-order chi connectivity index (χ0) is 25.2. The lowest BCUT2D eigenvalue weighted by Gasteiger charge is -2.25. The fraction of sp³-hybridized carbons (Fsp3) is 0.462. The molecule has 1 aliphatic heterocycles. The molecule has 1 saturated heterocycles. The SMILES string of the molecule is CC/C=C\C(N)=C/CC.CF.CNc1cnc(NC2CCNCC2)nc1N(C)c1ccccc1. The molecule has 2 aromatic rings. The van der Waals surface area contributed by atoms with Gasteiger partial charge < -0.3 is 26.6 Å². The molecule has 1 fully saturated rings. The molecule has 1 aliphatic rings. The Bertz CT molecular complexity index is 849. The van der Waals surface area contributed by atoms with Crippen LogP contribution in [0, 0.1) is 0 Å². The summed E-state index contributed by atoms with van der Waals surface area (Å²) in [5.74, 6) is 1.55. The highest BCUT2D eigenvalue weighted by molar-refractivity contribution is 5.72. The zero-order valence-corrected chi connectivity index (χ0v) is 21.3. The van der Waals surface area contributed by atoms with Gasteiger partial charge in [0.2, 0.25) is 5.95 Å². The van der Waals surface area contributed by atoms with Crippen LogP contribution in [-0.2, 0) is 0 Å². The number of halogens is 1. The fourth-order valence-electron chi connectivity index (χ4n) is 3.35. The molecule has 8 heteroatoms. The summed E-state index contributed by atoms with van der Waals surface area (Å²) in [7, 11) is 4.41. The van der Waals surface area contributed by atoms with Gasteiger partial charge in [0.05, 0.1) is 19.1 Å². The van der Waals surface area contributed by atoms with Crippen molar-refractivity contribution in [3.8, 4) is 0 Å². The third kappa shape index (κ3) is 10.2. The van der Waals surface area contributed by atoms with Crippen LogP contribution in [0.2, 0.25) is 0 Å². The monoisotopic (exact) mass is 471 g/mol. The molecule has 7 nitrogen and oxygen atoms in total. The summed E-state index contributed by atoms with van der Waals surface area (Å²) in [6, 6.07) is 10.6. The van der Waals surface area contributed by atoms with Gasteiger partial charge in [-0.3, -0.25) is 4.39 Å². The number of benzene rings is 1. The van der Waals surface area contributed by atoms with Crippen LogP contribution in [0.3, 0.4) is 0 Å². The largest absolute Gasteiger partial charge is 0.399 e. The van der Waals surface area contributed by atoms with E-state index in [1.165, 1.54) is 0 Å².